The van der Waals surface area contributed by atoms with Crippen molar-refractivity contribution in [1.29, 1.82) is 0 Å². The number of anilines is 1. The molecule has 1 heterocycles. The molecule has 1 aromatic heterocycles. The molecule has 0 atom stereocenters. The summed E-state index contributed by atoms with van der Waals surface area (Å²) in [5.74, 6) is 0.401. The Balaban J connectivity index is 2.04. The Hall–Kier alpha value is -1.53. The molecule has 17 heavy (non-hydrogen) atoms. The lowest BCUT2D eigenvalue weighted by atomic mass is 10.1. The molecule has 0 aliphatic rings. The molecule has 0 aliphatic heterocycles. The molecule has 0 saturated carbocycles. The van der Waals surface area contributed by atoms with Gasteiger partial charge < -0.3 is 11.1 Å². The zero-order chi connectivity index (χ0) is 12.1. The van der Waals surface area contributed by atoms with Crippen molar-refractivity contribution in [3.05, 3.63) is 41.5 Å². The summed E-state index contributed by atoms with van der Waals surface area (Å²) in [7, 11) is 0. The number of hydrogen-bond donors (Lipinski definition) is 2. The summed E-state index contributed by atoms with van der Waals surface area (Å²) in [6.07, 6.45) is 0.410. The van der Waals surface area contributed by atoms with E-state index >= 15 is 0 Å². The smallest absolute Gasteiger partial charge is 0.202 e. The van der Waals surface area contributed by atoms with E-state index in [0.29, 0.717) is 30.9 Å². The number of nitrogens with one attached hydrogen (secondary N) is 1. The Morgan fingerprint density at radius 2 is 2.18 bits per heavy atom. The lowest BCUT2D eigenvalue weighted by Crippen LogP contribution is -2.12. The predicted octanol–water partition coefficient (Wildman–Crippen LogP) is 1.64. The van der Waals surface area contributed by atoms with Crippen LogP contribution in [0.15, 0.2) is 24.3 Å². The Morgan fingerprint density at radius 3 is 2.94 bits per heavy atom. The van der Waals surface area contributed by atoms with E-state index < -0.39 is 0 Å². The van der Waals surface area contributed by atoms with Crippen LogP contribution in [0.5, 0.6) is 0 Å². The van der Waals surface area contributed by atoms with Gasteiger partial charge in [-0.05, 0) is 11.6 Å². The van der Waals surface area contributed by atoms with Gasteiger partial charge in [-0.3, -0.25) is 0 Å². The molecule has 0 radical (unpaired) electrons. The molecule has 0 unspecified atom stereocenters. The second-order valence-corrected chi connectivity index (χ2v) is 4.25. The molecular weight excluding hydrogens is 239 g/mol. The summed E-state index contributed by atoms with van der Waals surface area (Å²) in [6.45, 7) is 1.20. The molecular formula is C11H13FN4S. The van der Waals surface area contributed by atoms with Crippen molar-refractivity contribution in [3.63, 3.8) is 0 Å². The van der Waals surface area contributed by atoms with Crippen molar-refractivity contribution in [3.8, 4) is 0 Å². The van der Waals surface area contributed by atoms with Crippen LogP contribution >= 0.6 is 11.5 Å². The van der Waals surface area contributed by atoms with Crippen molar-refractivity contribution in [2.24, 2.45) is 5.73 Å². The van der Waals surface area contributed by atoms with E-state index in [1.54, 1.807) is 18.2 Å². The second-order valence-electron chi connectivity index (χ2n) is 3.50. The van der Waals surface area contributed by atoms with E-state index in [1.807, 2.05) is 0 Å². The van der Waals surface area contributed by atoms with Crippen molar-refractivity contribution in [1.82, 2.24) is 9.36 Å². The van der Waals surface area contributed by atoms with Gasteiger partial charge in [0.2, 0.25) is 5.13 Å². The summed E-state index contributed by atoms with van der Waals surface area (Å²) < 4.78 is 17.6. The molecule has 2 rings (SSSR count). The molecule has 0 amide bonds. The van der Waals surface area contributed by atoms with Crippen LogP contribution in [0.25, 0.3) is 0 Å². The highest BCUT2D eigenvalue weighted by atomic mass is 32.1. The third-order valence-corrected chi connectivity index (χ3v) is 2.91. The Labute approximate surface area is 103 Å². The van der Waals surface area contributed by atoms with Crippen molar-refractivity contribution >= 4 is 16.7 Å². The maximum atomic E-state index is 13.4. The van der Waals surface area contributed by atoms with Crippen molar-refractivity contribution < 1.29 is 4.39 Å². The molecule has 0 saturated heterocycles. The minimum atomic E-state index is -0.223. The quantitative estimate of drug-likeness (QED) is 0.849. The zero-order valence-corrected chi connectivity index (χ0v) is 10.0. The van der Waals surface area contributed by atoms with Gasteiger partial charge in [-0.1, -0.05) is 18.2 Å². The minimum absolute atomic E-state index is 0.223. The first-order valence-electron chi connectivity index (χ1n) is 5.29. The van der Waals surface area contributed by atoms with Gasteiger partial charge in [-0.15, -0.1) is 0 Å². The molecule has 3 N–H and O–H groups in total. The maximum absolute atomic E-state index is 13.4. The summed E-state index contributed by atoms with van der Waals surface area (Å²) in [5.41, 5.74) is 5.98. The zero-order valence-electron chi connectivity index (χ0n) is 9.19. The Kier molecular flexibility index (Phi) is 4.00. The molecule has 2 aromatic rings. The van der Waals surface area contributed by atoms with E-state index in [-0.39, 0.29) is 5.82 Å². The lowest BCUT2D eigenvalue weighted by molar-refractivity contribution is 0.612. The highest BCUT2D eigenvalue weighted by molar-refractivity contribution is 7.09. The van der Waals surface area contributed by atoms with E-state index in [2.05, 4.69) is 14.7 Å². The van der Waals surface area contributed by atoms with Gasteiger partial charge in [0, 0.05) is 31.0 Å². The third kappa shape index (κ3) is 3.21. The van der Waals surface area contributed by atoms with E-state index in [4.69, 9.17) is 5.73 Å². The highest BCUT2D eigenvalue weighted by Crippen LogP contribution is 2.15. The van der Waals surface area contributed by atoms with Crippen molar-refractivity contribution in [2.45, 2.75) is 6.42 Å². The Morgan fingerprint density at radius 1 is 1.35 bits per heavy atom. The first-order valence-corrected chi connectivity index (χ1v) is 6.07. The van der Waals surface area contributed by atoms with Gasteiger partial charge in [0.1, 0.15) is 11.6 Å². The van der Waals surface area contributed by atoms with Crippen molar-refractivity contribution in [2.75, 3.05) is 18.4 Å². The topological polar surface area (TPSA) is 63.8 Å². The average molecular weight is 252 g/mol. The van der Waals surface area contributed by atoms with Crippen LogP contribution in [0, 0.1) is 5.82 Å². The van der Waals surface area contributed by atoms with Crippen LogP contribution < -0.4 is 11.1 Å². The normalized spacial score (nSPS) is 10.5. The lowest BCUT2D eigenvalue weighted by Gasteiger charge is -1.99. The maximum Gasteiger partial charge on any atom is 0.202 e. The first kappa shape index (κ1) is 11.9. The Bertz CT molecular complexity index is 486. The van der Waals surface area contributed by atoms with E-state index in [0.717, 1.165) is 5.13 Å². The fourth-order valence-corrected chi connectivity index (χ4v) is 2.00. The largest absolute Gasteiger partial charge is 0.359 e. The van der Waals surface area contributed by atoms with Crippen LogP contribution in [-0.2, 0) is 6.42 Å². The molecule has 4 nitrogen and oxygen atoms in total. The summed E-state index contributed by atoms with van der Waals surface area (Å²) >= 11 is 1.26. The summed E-state index contributed by atoms with van der Waals surface area (Å²) in [5, 5.41) is 3.77. The first-order chi connectivity index (χ1) is 8.29. The van der Waals surface area contributed by atoms with Gasteiger partial charge in [0.15, 0.2) is 0 Å². The SMILES string of the molecule is NCCNc1nc(Cc2ccccc2F)ns1. The van der Waals surface area contributed by atoms with Crippen LogP contribution in [0.2, 0.25) is 0 Å². The van der Waals surface area contributed by atoms with Crippen LogP contribution in [0.4, 0.5) is 9.52 Å². The van der Waals surface area contributed by atoms with Gasteiger partial charge >= 0.3 is 0 Å². The predicted molar refractivity (Wildman–Crippen MR) is 66.7 cm³/mol. The van der Waals surface area contributed by atoms with Crippen LogP contribution in [0.3, 0.4) is 0 Å². The number of hydrogen-bond acceptors (Lipinski definition) is 5. The van der Waals surface area contributed by atoms with Gasteiger partial charge in [0.05, 0.1) is 0 Å². The number of halogens is 1. The number of benzene rings is 1. The molecule has 0 spiro atoms. The molecule has 0 fully saturated rings. The van der Waals surface area contributed by atoms with E-state index in [9.17, 15) is 4.39 Å². The molecule has 1 aromatic carbocycles. The number of nitrogens with zero attached hydrogens (tertiary/aromatic N) is 2. The molecule has 0 bridgehead atoms. The van der Waals surface area contributed by atoms with Gasteiger partial charge in [-0.25, -0.2) is 9.37 Å². The standard InChI is InChI=1S/C11H13FN4S/c12-9-4-2-1-3-8(9)7-10-15-11(17-16-10)14-6-5-13/h1-4H,5-7,13H2,(H,14,15,16). The summed E-state index contributed by atoms with van der Waals surface area (Å²) in [4.78, 5) is 4.26. The van der Waals surface area contributed by atoms with Crippen LogP contribution in [-0.4, -0.2) is 22.4 Å². The number of rotatable bonds is 5. The third-order valence-electron chi connectivity index (χ3n) is 2.20. The average Bonchev–Trinajstić information content (AvgIpc) is 2.77. The van der Waals surface area contributed by atoms with Gasteiger partial charge in [0.25, 0.3) is 0 Å². The highest BCUT2D eigenvalue weighted by Gasteiger charge is 2.07. The van der Waals surface area contributed by atoms with E-state index in [1.165, 1.54) is 17.6 Å². The fourth-order valence-electron chi connectivity index (χ4n) is 1.39. The van der Waals surface area contributed by atoms with Gasteiger partial charge in [-0.2, -0.15) is 4.37 Å². The second kappa shape index (κ2) is 5.70. The molecule has 0 aliphatic carbocycles. The molecule has 90 valence electrons. The number of aromatic nitrogens is 2. The minimum Gasteiger partial charge on any atom is -0.359 e. The summed E-state index contributed by atoms with van der Waals surface area (Å²) in [6, 6.07) is 6.65. The van der Waals surface area contributed by atoms with Crippen LogP contribution in [0.1, 0.15) is 11.4 Å². The molecule has 6 heteroatoms. The monoisotopic (exact) mass is 252 g/mol. The fraction of sp³-hybridized carbons (Fsp3) is 0.273. The number of nitrogens with two attached hydrogens (primary N) is 1.